The number of nitrogens with one attached hydrogen (secondary N) is 1. The van der Waals surface area contributed by atoms with Crippen LogP contribution in [-0.2, 0) is 0 Å². The normalized spacial score (nSPS) is 16.8. The van der Waals surface area contributed by atoms with Gasteiger partial charge in [-0.25, -0.2) is 0 Å². The summed E-state index contributed by atoms with van der Waals surface area (Å²) in [6, 6.07) is 0. The second-order valence-electron chi connectivity index (χ2n) is 2.57. The van der Waals surface area contributed by atoms with Gasteiger partial charge in [0.1, 0.15) is 0 Å². The molecule has 0 spiro atoms. The Kier molecular flexibility index (Phi) is 5.58. The van der Waals surface area contributed by atoms with Crippen molar-refractivity contribution in [2.24, 2.45) is 0 Å². The van der Waals surface area contributed by atoms with E-state index in [1.54, 1.807) is 6.92 Å². The lowest BCUT2D eigenvalue weighted by Crippen LogP contribution is -2.31. The topological polar surface area (TPSA) is 52.5 Å². The molecule has 2 atom stereocenters. The molecule has 0 bridgehead atoms. The number of aliphatic hydroxyl groups excluding tert-OH is 2. The third-order valence-corrected chi connectivity index (χ3v) is 1.29. The van der Waals surface area contributed by atoms with Gasteiger partial charge >= 0.3 is 0 Å². The standard InChI is InChI=1S/C7H17NO2/c1-3-7(10)5-8-4-6(2)9/h6-10H,3-5H2,1-2H3/t6-,7?/m1/s1. The fourth-order valence-corrected chi connectivity index (χ4v) is 0.603. The van der Waals surface area contributed by atoms with E-state index < -0.39 is 0 Å². The minimum Gasteiger partial charge on any atom is -0.392 e. The molecule has 0 rings (SSSR count). The maximum atomic E-state index is 9.03. The molecule has 0 amide bonds. The van der Waals surface area contributed by atoms with E-state index in [0.717, 1.165) is 6.42 Å². The van der Waals surface area contributed by atoms with Crippen LogP contribution >= 0.6 is 0 Å². The number of hydrogen-bond acceptors (Lipinski definition) is 3. The molecule has 0 aliphatic carbocycles. The summed E-state index contributed by atoms with van der Waals surface area (Å²) in [5, 5.41) is 20.8. The van der Waals surface area contributed by atoms with E-state index in [2.05, 4.69) is 5.32 Å². The first-order chi connectivity index (χ1) is 4.66. The van der Waals surface area contributed by atoms with Crippen molar-refractivity contribution < 1.29 is 10.2 Å². The molecule has 0 saturated carbocycles. The number of aliphatic hydroxyl groups is 2. The van der Waals surface area contributed by atoms with Crippen molar-refractivity contribution in [3.63, 3.8) is 0 Å². The Morgan fingerprint density at radius 2 is 1.90 bits per heavy atom. The Morgan fingerprint density at radius 3 is 2.30 bits per heavy atom. The fourth-order valence-electron chi connectivity index (χ4n) is 0.603. The van der Waals surface area contributed by atoms with Crippen molar-refractivity contribution in [2.75, 3.05) is 13.1 Å². The van der Waals surface area contributed by atoms with Crippen molar-refractivity contribution in [1.82, 2.24) is 5.32 Å². The van der Waals surface area contributed by atoms with Gasteiger partial charge in [-0.2, -0.15) is 0 Å². The van der Waals surface area contributed by atoms with Gasteiger partial charge in [0.15, 0.2) is 0 Å². The van der Waals surface area contributed by atoms with Crippen LogP contribution in [0.4, 0.5) is 0 Å². The zero-order chi connectivity index (χ0) is 7.98. The first-order valence-electron chi connectivity index (χ1n) is 3.73. The third-order valence-electron chi connectivity index (χ3n) is 1.29. The van der Waals surface area contributed by atoms with Gasteiger partial charge in [0.2, 0.25) is 0 Å². The predicted octanol–water partition coefficient (Wildman–Crippen LogP) is -0.272. The molecular weight excluding hydrogens is 130 g/mol. The highest BCUT2D eigenvalue weighted by Crippen LogP contribution is 1.86. The van der Waals surface area contributed by atoms with Crippen LogP contribution in [0.15, 0.2) is 0 Å². The van der Waals surface area contributed by atoms with E-state index in [0.29, 0.717) is 13.1 Å². The van der Waals surface area contributed by atoms with Crippen molar-refractivity contribution in [2.45, 2.75) is 32.5 Å². The van der Waals surface area contributed by atoms with E-state index in [1.807, 2.05) is 6.92 Å². The summed E-state index contributed by atoms with van der Waals surface area (Å²) in [6.07, 6.45) is 0.148. The molecule has 0 aliphatic rings. The lowest BCUT2D eigenvalue weighted by Gasteiger charge is -2.09. The van der Waals surface area contributed by atoms with Crippen LogP contribution in [0.5, 0.6) is 0 Å². The van der Waals surface area contributed by atoms with Gasteiger partial charge in [0, 0.05) is 13.1 Å². The van der Waals surface area contributed by atoms with E-state index >= 15 is 0 Å². The van der Waals surface area contributed by atoms with Crippen LogP contribution in [0.2, 0.25) is 0 Å². The summed E-state index contributed by atoms with van der Waals surface area (Å²) in [5.74, 6) is 0. The summed E-state index contributed by atoms with van der Waals surface area (Å²) in [5.41, 5.74) is 0. The Hall–Kier alpha value is -0.120. The molecule has 10 heavy (non-hydrogen) atoms. The van der Waals surface area contributed by atoms with Gasteiger partial charge in [-0.05, 0) is 13.3 Å². The molecule has 0 radical (unpaired) electrons. The summed E-state index contributed by atoms with van der Waals surface area (Å²) in [4.78, 5) is 0. The molecule has 0 aromatic heterocycles. The van der Waals surface area contributed by atoms with E-state index in [-0.39, 0.29) is 12.2 Å². The lowest BCUT2D eigenvalue weighted by molar-refractivity contribution is 0.150. The van der Waals surface area contributed by atoms with Gasteiger partial charge in [-0.1, -0.05) is 6.92 Å². The Morgan fingerprint density at radius 1 is 1.30 bits per heavy atom. The van der Waals surface area contributed by atoms with E-state index in [9.17, 15) is 0 Å². The zero-order valence-corrected chi connectivity index (χ0v) is 6.67. The second kappa shape index (κ2) is 5.65. The van der Waals surface area contributed by atoms with Crippen LogP contribution in [-0.4, -0.2) is 35.5 Å². The maximum Gasteiger partial charge on any atom is 0.0662 e. The molecule has 0 heterocycles. The average molecular weight is 147 g/mol. The molecule has 0 fully saturated rings. The molecule has 0 aromatic carbocycles. The zero-order valence-electron chi connectivity index (χ0n) is 6.67. The second-order valence-corrected chi connectivity index (χ2v) is 2.57. The average Bonchev–Trinajstić information content (AvgIpc) is 1.87. The van der Waals surface area contributed by atoms with Crippen molar-refractivity contribution >= 4 is 0 Å². The summed E-state index contributed by atoms with van der Waals surface area (Å²) >= 11 is 0. The number of hydrogen-bond donors (Lipinski definition) is 3. The summed E-state index contributed by atoms with van der Waals surface area (Å²) in [7, 11) is 0. The van der Waals surface area contributed by atoms with E-state index in [4.69, 9.17) is 10.2 Å². The van der Waals surface area contributed by atoms with Crippen molar-refractivity contribution in [3.8, 4) is 0 Å². The smallest absolute Gasteiger partial charge is 0.0662 e. The van der Waals surface area contributed by atoms with Crippen molar-refractivity contribution in [3.05, 3.63) is 0 Å². The molecule has 0 saturated heterocycles. The van der Waals surface area contributed by atoms with Crippen LogP contribution in [0.3, 0.4) is 0 Å². The minimum absolute atomic E-state index is 0.279. The van der Waals surface area contributed by atoms with Gasteiger partial charge in [0.05, 0.1) is 12.2 Å². The molecule has 62 valence electrons. The predicted molar refractivity (Wildman–Crippen MR) is 40.8 cm³/mol. The molecule has 1 unspecified atom stereocenters. The van der Waals surface area contributed by atoms with Crippen LogP contribution in [0.1, 0.15) is 20.3 Å². The van der Waals surface area contributed by atoms with Gasteiger partial charge < -0.3 is 15.5 Å². The highest BCUT2D eigenvalue weighted by Gasteiger charge is 1.99. The fraction of sp³-hybridized carbons (Fsp3) is 1.00. The first kappa shape index (κ1) is 9.88. The van der Waals surface area contributed by atoms with Gasteiger partial charge in [0.25, 0.3) is 0 Å². The first-order valence-corrected chi connectivity index (χ1v) is 3.73. The van der Waals surface area contributed by atoms with Crippen LogP contribution in [0.25, 0.3) is 0 Å². The third kappa shape index (κ3) is 6.01. The SMILES string of the molecule is CCC(O)CNC[C@@H](C)O. The molecule has 3 nitrogen and oxygen atoms in total. The lowest BCUT2D eigenvalue weighted by atomic mass is 10.3. The Bertz CT molecular complexity index is 76.0. The van der Waals surface area contributed by atoms with Crippen LogP contribution < -0.4 is 5.32 Å². The van der Waals surface area contributed by atoms with Gasteiger partial charge in [-0.15, -0.1) is 0 Å². The maximum absolute atomic E-state index is 9.03. The minimum atomic E-state index is -0.330. The Balaban J connectivity index is 3.03. The monoisotopic (exact) mass is 147 g/mol. The van der Waals surface area contributed by atoms with Crippen LogP contribution in [0, 0.1) is 0 Å². The molecular formula is C7H17NO2. The largest absolute Gasteiger partial charge is 0.392 e. The quantitative estimate of drug-likeness (QED) is 0.501. The molecule has 3 heteroatoms. The van der Waals surface area contributed by atoms with E-state index in [1.165, 1.54) is 0 Å². The highest BCUT2D eigenvalue weighted by molar-refractivity contribution is 4.58. The summed E-state index contributed by atoms with van der Waals surface area (Å²) in [6.45, 7) is 4.76. The molecule has 0 aromatic rings. The number of rotatable bonds is 5. The molecule has 0 aliphatic heterocycles. The van der Waals surface area contributed by atoms with Gasteiger partial charge in [-0.3, -0.25) is 0 Å². The van der Waals surface area contributed by atoms with Crippen molar-refractivity contribution in [1.29, 1.82) is 0 Å². The summed E-state index contributed by atoms with van der Waals surface area (Å²) < 4.78 is 0. The molecule has 3 N–H and O–H groups in total. The Labute approximate surface area is 62.1 Å². The highest BCUT2D eigenvalue weighted by atomic mass is 16.3.